The molecule has 1 aliphatic carbocycles. The molecule has 1 aromatic rings. The van der Waals surface area contributed by atoms with E-state index in [-0.39, 0.29) is 11.6 Å². The lowest BCUT2D eigenvalue weighted by Crippen LogP contribution is -2.40. The van der Waals surface area contributed by atoms with Crippen LogP contribution in [0.25, 0.3) is 0 Å². The number of benzene rings is 1. The van der Waals surface area contributed by atoms with Crippen LogP contribution in [0.3, 0.4) is 0 Å². The van der Waals surface area contributed by atoms with E-state index >= 15 is 0 Å². The van der Waals surface area contributed by atoms with Crippen LogP contribution in [0.5, 0.6) is 0 Å². The molecule has 3 nitrogen and oxygen atoms in total. The zero-order valence-corrected chi connectivity index (χ0v) is 17.5. The van der Waals surface area contributed by atoms with Gasteiger partial charge in [0.25, 0.3) is 8.32 Å². The Morgan fingerprint density at radius 3 is 1.81 bits per heavy atom. The minimum absolute atomic E-state index is 0.112. The lowest BCUT2D eigenvalue weighted by molar-refractivity contribution is 0.0943. The summed E-state index contributed by atoms with van der Waals surface area (Å²) in [5.74, 6) is 0.0600. The predicted molar refractivity (Wildman–Crippen MR) is 109 cm³/mol. The third-order valence-corrected chi connectivity index (χ3v) is 9.65. The molecule has 0 aliphatic heterocycles. The van der Waals surface area contributed by atoms with E-state index in [1.807, 2.05) is 6.07 Å². The molecule has 0 N–H and O–H groups in total. The first-order valence-electron chi connectivity index (χ1n) is 10.2. The molecule has 1 aliphatic rings. The fraction of sp³-hybridized carbons (Fsp3) is 0.545. The van der Waals surface area contributed by atoms with Crippen LogP contribution in [0.4, 0.5) is 0 Å². The van der Waals surface area contributed by atoms with Crippen molar-refractivity contribution in [3.63, 3.8) is 0 Å². The van der Waals surface area contributed by atoms with E-state index in [1.165, 1.54) is 6.08 Å². The monoisotopic (exact) mass is 372 g/mol. The van der Waals surface area contributed by atoms with Gasteiger partial charge in [0.15, 0.2) is 11.5 Å². The van der Waals surface area contributed by atoms with Crippen LogP contribution in [0.1, 0.15) is 80.0 Å². The van der Waals surface area contributed by atoms with Crippen molar-refractivity contribution in [2.45, 2.75) is 77.4 Å². The second-order valence-corrected chi connectivity index (χ2v) is 11.4. The number of Topliss-reactive ketones (excluding diaryl/α,β-unsaturated/α-hetero) is 1. The average molecular weight is 373 g/mol. The van der Waals surface area contributed by atoms with Crippen molar-refractivity contribution in [1.29, 1.82) is 0 Å². The lowest BCUT2D eigenvalue weighted by Gasteiger charge is -2.34. The molecule has 0 heterocycles. The fourth-order valence-corrected chi connectivity index (χ4v) is 8.29. The molecule has 0 unspecified atom stereocenters. The number of allylic oxidation sites excluding steroid dienone is 2. The first-order chi connectivity index (χ1) is 12.6. The SMILES string of the molecule is CCCC[Si](CCCC)(CCCC)OC1=CC(=O)c2ccccc2C1=O. The van der Waals surface area contributed by atoms with Gasteiger partial charge >= 0.3 is 0 Å². The molecular weight excluding hydrogens is 340 g/mol. The van der Waals surface area contributed by atoms with E-state index in [0.717, 1.165) is 56.7 Å². The van der Waals surface area contributed by atoms with Gasteiger partial charge in [0.2, 0.25) is 5.78 Å². The van der Waals surface area contributed by atoms with Crippen LogP contribution in [-0.2, 0) is 4.43 Å². The van der Waals surface area contributed by atoms with Gasteiger partial charge in [-0.3, -0.25) is 9.59 Å². The molecule has 0 fully saturated rings. The molecule has 4 heteroatoms. The summed E-state index contributed by atoms with van der Waals surface area (Å²) in [6.07, 6.45) is 8.22. The minimum atomic E-state index is -2.08. The third-order valence-electron chi connectivity index (χ3n) is 5.21. The van der Waals surface area contributed by atoms with E-state index < -0.39 is 8.32 Å². The number of unbranched alkanes of at least 4 members (excludes halogenated alkanes) is 3. The predicted octanol–water partition coefficient (Wildman–Crippen LogP) is 6.31. The standard InChI is InChI=1S/C22H32O3Si/c1-4-7-14-26(15-8-5-2,16-9-6-3)25-21-17-20(23)18-12-10-11-13-19(18)22(21)24/h10-13,17H,4-9,14-16H2,1-3H3. The van der Waals surface area contributed by atoms with Crippen LogP contribution in [0.2, 0.25) is 18.1 Å². The number of carbonyl (C=O) groups excluding carboxylic acids is 2. The Morgan fingerprint density at radius 2 is 1.31 bits per heavy atom. The molecule has 0 amide bonds. The van der Waals surface area contributed by atoms with Crippen molar-refractivity contribution in [1.82, 2.24) is 0 Å². The van der Waals surface area contributed by atoms with Gasteiger partial charge in [-0.25, -0.2) is 0 Å². The Kier molecular flexibility index (Phi) is 7.82. The van der Waals surface area contributed by atoms with Crippen LogP contribution < -0.4 is 0 Å². The average Bonchev–Trinajstić information content (AvgIpc) is 2.67. The Hall–Kier alpha value is -1.68. The second kappa shape index (κ2) is 9.86. The summed E-state index contributed by atoms with van der Waals surface area (Å²) in [6.45, 7) is 6.59. The highest BCUT2D eigenvalue weighted by Gasteiger charge is 2.38. The van der Waals surface area contributed by atoms with E-state index in [2.05, 4.69) is 20.8 Å². The van der Waals surface area contributed by atoms with E-state index in [4.69, 9.17) is 4.43 Å². The molecule has 2 rings (SSSR count). The maximum atomic E-state index is 12.9. The highest BCUT2D eigenvalue weighted by atomic mass is 28.4. The molecule has 1 aromatic carbocycles. The zero-order chi connectivity index (χ0) is 19.0. The molecule has 0 aromatic heterocycles. The minimum Gasteiger partial charge on any atom is -0.541 e. The summed E-state index contributed by atoms with van der Waals surface area (Å²) in [7, 11) is -2.08. The van der Waals surface area contributed by atoms with E-state index in [9.17, 15) is 9.59 Å². The lowest BCUT2D eigenvalue weighted by atomic mass is 9.94. The topological polar surface area (TPSA) is 43.4 Å². The summed E-state index contributed by atoms with van der Waals surface area (Å²) in [5.41, 5.74) is 0.979. The molecule has 26 heavy (non-hydrogen) atoms. The zero-order valence-electron chi connectivity index (χ0n) is 16.5. The summed E-state index contributed by atoms with van der Waals surface area (Å²) in [6, 6.07) is 10.3. The quantitative estimate of drug-likeness (QED) is 0.427. The highest BCUT2D eigenvalue weighted by Crippen LogP contribution is 2.34. The summed E-state index contributed by atoms with van der Waals surface area (Å²) in [4.78, 5) is 25.4. The molecule has 0 bridgehead atoms. The Labute approximate surface area is 159 Å². The molecule has 142 valence electrons. The number of ketones is 2. The first-order valence-corrected chi connectivity index (χ1v) is 12.7. The van der Waals surface area contributed by atoms with Gasteiger partial charge in [-0.15, -0.1) is 0 Å². The number of hydrogen-bond acceptors (Lipinski definition) is 3. The van der Waals surface area contributed by atoms with Crippen LogP contribution >= 0.6 is 0 Å². The van der Waals surface area contributed by atoms with Crippen LogP contribution in [0, 0.1) is 0 Å². The first kappa shape index (κ1) is 20.6. The van der Waals surface area contributed by atoms with Gasteiger partial charge < -0.3 is 4.43 Å². The summed E-state index contributed by atoms with van der Waals surface area (Å²) < 4.78 is 6.55. The molecule has 0 spiro atoms. The van der Waals surface area contributed by atoms with Crippen molar-refractivity contribution in [2.75, 3.05) is 0 Å². The maximum absolute atomic E-state index is 12.9. The normalized spacial score (nSPS) is 14.2. The van der Waals surface area contributed by atoms with Crippen molar-refractivity contribution in [3.8, 4) is 0 Å². The van der Waals surface area contributed by atoms with Crippen LogP contribution in [-0.4, -0.2) is 19.9 Å². The Bertz CT molecular complexity index is 641. The molecule has 0 saturated carbocycles. The molecule has 0 saturated heterocycles. The second-order valence-electron chi connectivity index (χ2n) is 7.34. The highest BCUT2D eigenvalue weighted by molar-refractivity contribution is 6.74. The van der Waals surface area contributed by atoms with Crippen molar-refractivity contribution in [2.24, 2.45) is 0 Å². The van der Waals surface area contributed by atoms with Crippen molar-refractivity contribution in [3.05, 3.63) is 47.2 Å². The Balaban J connectivity index is 2.30. The van der Waals surface area contributed by atoms with Crippen LogP contribution in [0.15, 0.2) is 36.1 Å². The smallest absolute Gasteiger partial charge is 0.251 e. The van der Waals surface area contributed by atoms with Crippen molar-refractivity contribution >= 4 is 19.9 Å². The van der Waals surface area contributed by atoms with Gasteiger partial charge in [-0.05, 0) is 18.1 Å². The summed E-state index contributed by atoms with van der Waals surface area (Å²) in [5, 5.41) is 0. The van der Waals surface area contributed by atoms with Gasteiger partial charge in [-0.2, -0.15) is 0 Å². The van der Waals surface area contributed by atoms with Crippen molar-refractivity contribution < 1.29 is 14.0 Å². The number of rotatable bonds is 11. The Morgan fingerprint density at radius 1 is 0.808 bits per heavy atom. The number of fused-ring (bicyclic) bond motifs is 1. The third kappa shape index (κ3) is 4.94. The summed E-state index contributed by atoms with van der Waals surface area (Å²) >= 11 is 0. The van der Waals surface area contributed by atoms with Gasteiger partial charge in [0, 0.05) is 17.2 Å². The molecular formula is C22H32O3Si. The van der Waals surface area contributed by atoms with Gasteiger partial charge in [0.05, 0.1) is 0 Å². The fourth-order valence-electron chi connectivity index (χ4n) is 3.63. The number of carbonyl (C=O) groups is 2. The van der Waals surface area contributed by atoms with Gasteiger partial charge in [0.1, 0.15) is 0 Å². The van der Waals surface area contributed by atoms with Gasteiger partial charge in [-0.1, -0.05) is 83.6 Å². The van der Waals surface area contributed by atoms with E-state index in [0.29, 0.717) is 16.9 Å². The number of hydrogen-bond donors (Lipinski definition) is 0. The maximum Gasteiger partial charge on any atom is 0.251 e. The van der Waals surface area contributed by atoms with E-state index in [1.54, 1.807) is 18.2 Å². The molecule has 0 atom stereocenters. The molecule has 0 radical (unpaired) electrons. The largest absolute Gasteiger partial charge is 0.541 e.